The van der Waals surface area contributed by atoms with E-state index in [1.54, 1.807) is 30.5 Å². The smallest absolute Gasteiger partial charge is 0.255 e. The Labute approximate surface area is 181 Å². The fourth-order valence-corrected chi connectivity index (χ4v) is 3.03. The normalized spacial score (nSPS) is 10.3. The number of anilines is 1. The average molecular weight is 410 g/mol. The Hall–Kier alpha value is -4.12. The Morgan fingerprint density at radius 2 is 1.45 bits per heavy atom. The molecule has 5 nitrogen and oxygen atoms in total. The third-order valence-electron chi connectivity index (χ3n) is 4.63. The van der Waals surface area contributed by atoms with Crippen molar-refractivity contribution in [3.8, 4) is 11.6 Å². The summed E-state index contributed by atoms with van der Waals surface area (Å²) >= 11 is 0. The van der Waals surface area contributed by atoms with E-state index in [9.17, 15) is 4.79 Å². The molecule has 0 saturated carbocycles. The lowest BCUT2D eigenvalue weighted by molar-refractivity contribution is 0.102. The fourth-order valence-electron chi connectivity index (χ4n) is 3.03. The average Bonchev–Trinajstić information content (AvgIpc) is 2.84. The SMILES string of the molecule is O=C(Nc1cccnc1OCc1ccccc1OCc1ccccc1)c1ccccc1. The second-order valence-electron chi connectivity index (χ2n) is 6.85. The van der Waals surface area contributed by atoms with E-state index in [1.807, 2.05) is 72.8 Å². The van der Waals surface area contributed by atoms with Crippen LogP contribution in [0.5, 0.6) is 11.6 Å². The topological polar surface area (TPSA) is 60.5 Å². The molecule has 0 saturated heterocycles. The van der Waals surface area contributed by atoms with Crippen LogP contribution < -0.4 is 14.8 Å². The van der Waals surface area contributed by atoms with Crippen LogP contribution in [0, 0.1) is 0 Å². The zero-order valence-electron chi connectivity index (χ0n) is 16.9. The zero-order valence-corrected chi connectivity index (χ0v) is 16.9. The highest BCUT2D eigenvalue weighted by Gasteiger charge is 2.12. The molecule has 3 aromatic carbocycles. The third kappa shape index (κ3) is 5.48. The minimum Gasteiger partial charge on any atom is -0.488 e. The van der Waals surface area contributed by atoms with Gasteiger partial charge in [0.1, 0.15) is 24.7 Å². The summed E-state index contributed by atoms with van der Waals surface area (Å²) in [4.78, 5) is 16.8. The quantitative estimate of drug-likeness (QED) is 0.417. The molecule has 0 atom stereocenters. The molecule has 4 rings (SSSR count). The Morgan fingerprint density at radius 3 is 2.26 bits per heavy atom. The molecule has 4 aromatic rings. The van der Waals surface area contributed by atoms with Crippen molar-refractivity contribution in [2.75, 3.05) is 5.32 Å². The molecule has 0 aliphatic heterocycles. The predicted octanol–water partition coefficient (Wildman–Crippen LogP) is 5.49. The van der Waals surface area contributed by atoms with E-state index in [4.69, 9.17) is 9.47 Å². The van der Waals surface area contributed by atoms with Crippen LogP contribution in [0.15, 0.2) is 103 Å². The molecule has 31 heavy (non-hydrogen) atoms. The van der Waals surface area contributed by atoms with Gasteiger partial charge in [-0.1, -0.05) is 66.7 Å². The monoisotopic (exact) mass is 410 g/mol. The molecule has 0 radical (unpaired) electrons. The minimum atomic E-state index is -0.218. The first-order chi connectivity index (χ1) is 15.3. The lowest BCUT2D eigenvalue weighted by Crippen LogP contribution is -2.13. The van der Waals surface area contributed by atoms with Gasteiger partial charge in [0, 0.05) is 17.3 Å². The van der Waals surface area contributed by atoms with Crippen LogP contribution >= 0.6 is 0 Å². The van der Waals surface area contributed by atoms with E-state index >= 15 is 0 Å². The van der Waals surface area contributed by atoms with Gasteiger partial charge in [0.05, 0.1) is 0 Å². The van der Waals surface area contributed by atoms with Crippen LogP contribution in [0.3, 0.4) is 0 Å². The zero-order chi connectivity index (χ0) is 21.3. The largest absolute Gasteiger partial charge is 0.488 e. The lowest BCUT2D eigenvalue weighted by Gasteiger charge is -2.14. The van der Waals surface area contributed by atoms with Crippen LogP contribution in [-0.4, -0.2) is 10.9 Å². The predicted molar refractivity (Wildman–Crippen MR) is 120 cm³/mol. The van der Waals surface area contributed by atoms with E-state index in [0.717, 1.165) is 16.9 Å². The summed E-state index contributed by atoms with van der Waals surface area (Å²) < 4.78 is 11.9. The van der Waals surface area contributed by atoms with E-state index in [0.29, 0.717) is 23.7 Å². The molecule has 0 aliphatic carbocycles. The number of hydrogen-bond acceptors (Lipinski definition) is 4. The van der Waals surface area contributed by atoms with Crippen LogP contribution in [0.1, 0.15) is 21.5 Å². The first-order valence-electron chi connectivity index (χ1n) is 9.98. The standard InChI is InChI=1S/C26H22N2O3/c29-25(21-12-5-2-6-13-21)28-23-15-9-17-27-26(23)31-19-22-14-7-8-16-24(22)30-18-20-10-3-1-4-11-20/h1-17H,18-19H2,(H,28,29). The van der Waals surface area contributed by atoms with Gasteiger partial charge in [-0.15, -0.1) is 0 Å². The molecule has 0 unspecified atom stereocenters. The lowest BCUT2D eigenvalue weighted by atomic mass is 10.2. The van der Waals surface area contributed by atoms with Crippen molar-refractivity contribution in [3.05, 3.63) is 120 Å². The number of rotatable bonds is 8. The molecule has 1 aromatic heterocycles. The number of hydrogen-bond donors (Lipinski definition) is 1. The first kappa shape index (κ1) is 20.2. The van der Waals surface area contributed by atoms with Crippen LogP contribution in [0.2, 0.25) is 0 Å². The summed E-state index contributed by atoms with van der Waals surface area (Å²) in [7, 11) is 0. The molecule has 1 heterocycles. The van der Waals surface area contributed by atoms with E-state index in [2.05, 4.69) is 10.3 Å². The second-order valence-corrected chi connectivity index (χ2v) is 6.85. The van der Waals surface area contributed by atoms with Gasteiger partial charge in [-0.3, -0.25) is 4.79 Å². The molecule has 0 fully saturated rings. The Morgan fingerprint density at radius 1 is 0.742 bits per heavy atom. The fraction of sp³-hybridized carbons (Fsp3) is 0.0769. The van der Waals surface area contributed by atoms with Gasteiger partial charge in [0.2, 0.25) is 5.88 Å². The van der Waals surface area contributed by atoms with Gasteiger partial charge in [-0.05, 0) is 35.9 Å². The first-order valence-corrected chi connectivity index (χ1v) is 9.98. The van der Waals surface area contributed by atoms with Crippen LogP contribution in [-0.2, 0) is 13.2 Å². The van der Waals surface area contributed by atoms with Crippen molar-refractivity contribution < 1.29 is 14.3 Å². The number of pyridine rings is 1. The number of para-hydroxylation sites is 1. The van der Waals surface area contributed by atoms with Crippen molar-refractivity contribution in [1.29, 1.82) is 0 Å². The molecular weight excluding hydrogens is 388 g/mol. The van der Waals surface area contributed by atoms with Gasteiger partial charge in [-0.25, -0.2) is 4.98 Å². The summed E-state index contributed by atoms with van der Waals surface area (Å²) in [5.74, 6) is 0.881. The van der Waals surface area contributed by atoms with Crippen LogP contribution in [0.25, 0.3) is 0 Å². The van der Waals surface area contributed by atoms with Crippen molar-refractivity contribution in [2.24, 2.45) is 0 Å². The summed E-state index contributed by atoms with van der Waals surface area (Å²) in [5.41, 5.74) is 3.06. The highest BCUT2D eigenvalue weighted by atomic mass is 16.5. The number of carbonyl (C=O) groups excluding carboxylic acids is 1. The number of aromatic nitrogens is 1. The molecule has 154 valence electrons. The second kappa shape index (κ2) is 10.1. The Bertz CT molecular complexity index is 1130. The highest BCUT2D eigenvalue weighted by molar-refractivity contribution is 6.04. The van der Waals surface area contributed by atoms with Crippen molar-refractivity contribution >= 4 is 11.6 Å². The number of amides is 1. The van der Waals surface area contributed by atoms with Gasteiger partial charge < -0.3 is 14.8 Å². The number of nitrogens with zero attached hydrogens (tertiary/aromatic N) is 1. The van der Waals surface area contributed by atoms with Crippen molar-refractivity contribution in [1.82, 2.24) is 4.98 Å². The maximum atomic E-state index is 12.5. The maximum absolute atomic E-state index is 12.5. The maximum Gasteiger partial charge on any atom is 0.255 e. The summed E-state index contributed by atoms with van der Waals surface area (Å²) in [5, 5.41) is 2.87. The molecule has 0 spiro atoms. The van der Waals surface area contributed by atoms with Crippen molar-refractivity contribution in [3.63, 3.8) is 0 Å². The summed E-state index contributed by atoms with van der Waals surface area (Å²) in [6.45, 7) is 0.732. The van der Waals surface area contributed by atoms with Gasteiger partial charge >= 0.3 is 0 Å². The molecule has 1 N–H and O–H groups in total. The molecular formula is C26H22N2O3. The Balaban J connectivity index is 1.43. The molecule has 5 heteroatoms. The van der Waals surface area contributed by atoms with E-state index in [-0.39, 0.29) is 12.5 Å². The minimum absolute atomic E-state index is 0.218. The number of ether oxygens (including phenoxy) is 2. The van der Waals surface area contributed by atoms with Crippen molar-refractivity contribution in [2.45, 2.75) is 13.2 Å². The van der Waals surface area contributed by atoms with E-state index < -0.39 is 0 Å². The Kier molecular flexibility index (Phi) is 6.55. The number of carbonyl (C=O) groups is 1. The van der Waals surface area contributed by atoms with Gasteiger partial charge in [-0.2, -0.15) is 0 Å². The van der Waals surface area contributed by atoms with Gasteiger partial charge in [0.25, 0.3) is 5.91 Å². The van der Waals surface area contributed by atoms with E-state index in [1.165, 1.54) is 0 Å². The number of benzene rings is 3. The van der Waals surface area contributed by atoms with Crippen LogP contribution in [0.4, 0.5) is 5.69 Å². The molecule has 0 bridgehead atoms. The molecule has 0 aliphatic rings. The van der Waals surface area contributed by atoms with Gasteiger partial charge in [0.15, 0.2) is 0 Å². The highest BCUT2D eigenvalue weighted by Crippen LogP contribution is 2.25. The molecule has 1 amide bonds. The number of nitrogens with one attached hydrogen (secondary N) is 1. The summed E-state index contributed by atoms with van der Waals surface area (Å²) in [6, 6.07) is 30.3. The summed E-state index contributed by atoms with van der Waals surface area (Å²) in [6.07, 6.45) is 1.63. The third-order valence-corrected chi connectivity index (χ3v) is 4.63.